The van der Waals surface area contributed by atoms with Crippen LogP contribution in [-0.2, 0) is 12.0 Å². The molecule has 2 rings (SSSR count). The topological polar surface area (TPSA) is 49.5 Å². The van der Waals surface area contributed by atoms with Crippen LogP contribution in [0.5, 0.6) is 0 Å². The first kappa shape index (κ1) is 14.5. The fourth-order valence-electron chi connectivity index (χ4n) is 2.56. The van der Waals surface area contributed by atoms with E-state index in [0.717, 1.165) is 24.6 Å². The highest BCUT2D eigenvalue weighted by Crippen LogP contribution is 2.24. The molecule has 0 aromatic carbocycles. The lowest BCUT2D eigenvalue weighted by Gasteiger charge is -2.26. The number of oxazole rings is 1. The van der Waals surface area contributed by atoms with Gasteiger partial charge in [0.05, 0.1) is 19.3 Å². The van der Waals surface area contributed by atoms with Crippen LogP contribution in [0.3, 0.4) is 0 Å². The van der Waals surface area contributed by atoms with Crippen molar-refractivity contribution < 1.29 is 9.52 Å². The third-order valence-electron chi connectivity index (χ3n) is 3.84. The molecule has 1 saturated heterocycles. The Kier molecular flexibility index (Phi) is 4.63. The molecule has 1 unspecified atom stereocenters. The summed E-state index contributed by atoms with van der Waals surface area (Å²) in [6.45, 7) is 8.34. The maximum absolute atomic E-state index is 9.51. The minimum Gasteiger partial charge on any atom is -0.444 e. The lowest BCUT2D eigenvalue weighted by atomic mass is 9.94. The molecule has 19 heavy (non-hydrogen) atoms. The Morgan fingerprint density at radius 2 is 2.16 bits per heavy atom. The number of likely N-dealkylation sites (tertiary alicyclic amines) is 1. The Hall–Kier alpha value is -0.870. The molecule has 1 aromatic heterocycles. The maximum Gasteiger partial charge on any atom is 0.208 e. The summed E-state index contributed by atoms with van der Waals surface area (Å²) in [6.07, 6.45) is 6.57. The molecule has 0 spiro atoms. The Bertz CT molecular complexity index is 395. The van der Waals surface area contributed by atoms with Gasteiger partial charge < -0.3 is 9.52 Å². The summed E-state index contributed by atoms with van der Waals surface area (Å²) in [6, 6.07) is 0.257. The predicted octanol–water partition coefficient (Wildman–Crippen LogP) is 2.71. The van der Waals surface area contributed by atoms with Crippen LogP contribution in [0.1, 0.15) is 58.1 Å². The zero-order valence-electron chi connectivity index (χ0n) is 12.4. The second-order valence-corrected chi connectivity index (χ2v) is 6.52. The highest BCUT2D eigenvalue weighted by Gasteiger charge is 2.24. The fraction of sp³-hybridized carbons (Fsp3) is 0.800. The van der Waals surface area contributed by atoms with Gasteiger partial charge >= 0.3 is 0 Å². The van der Waals surface area contributed by atoms with Gasteiger partial charge in [0.25, 0.3) is 0 Å². The number of aromatic nitrogens is 1. The summed E-state index contributed by atoms with van der Waals surface area (Å²) in [5.41, 5.74) is 0.000414. The largest absolute Gasteiger partial charge is 0.444 e. The molecule has 0 bridgehead atoms. The molecule has 1 aliphatic heterocycles. The molecular weight excluding hydrogens is 240 g/mol. The Morgan fingerprint density at radius 3 is 2.79 bits per heavy atom. The van der Waals surface area contributed by atoms with Crippen molar-refractivity contribution >= 4 is 0 Å². The van der Waals surface area contributed by atoms with Crippen LogP contribution in [-0.4, -0.2) is 34.2 Å². The summed E-state index contributed by atoms with van der Waals surface area (Å²) in [7, 11) is 0. The molecule has 1 aromatic rings. The third kappa shape index (κ3) is 3.80. The third-order valence-corrected chi connectivity index (χ3v) is 3.84. The van der Waals surface area contributed by atoms with Crippen LogP contribution in [0.4, 0.5) is 0 Å². The average molecular weight is 266 g/mol. The van der Waals surface area contributed by atoms with Gasteiger partial charge in [-0.3, -0.25) is 4.90 Å². The van der Waals surface area contributed by atoms with Crippen molar-refractivity contribution in [3.63, 3.8) is 0 Å². The molecule has 1 fully saturated rings. The first-order valence-corrected chi connectivity index (χ1v) is 7.31. The molecule has 2 heterocycles. The van der Waals surface area contributed by atoms with Gasteiger partial charge in [-0.05, 0) is 19.4 Å². The van der Waals surface area contributed by atoms with E-state index in [4.69, 9.17) is 4.42 Å². The van der Waals surface area contributed by atoms with Gasteiger partial charge in [0, 0.05) is 11.5 Å². The average Bonchev–Trinajstić information content (AvgIpc) is 2.70. The number of nitrogens with zero attached hydrogens (tertiary/aromatic N) is 2. The van der Waals surface area contributed by atoms with E-state index in [1.54, 1.807) is 0 Å². The summed E-state index contributed by atoms with van der Waals surface area (Å²) in [5, 5.41) is 9.51. The molecule has 108 valence electrons. The zero-order valence-corrected chi connectivity index (χ0v) is 12.4. The highest BCUT2D eigenvalue weighted by atomic mass is 16.4. The van der Waals surface area contributed by atoms with Crippen LogP contribution < -0.4 is 0 Å². The van der Waals surface area contributed by atoms with E-state index >= 15 is 0 Å². The van der Waals surface area contributed by atoms with Crippen molar-refractivity contribution in [1.82, 2.24) is 9.88 Å². The number of rotatable bonds is 3. The minimum atomic E-state index is 0.000414. The molecule has 1 aliphatic rings. The Labute approximate surface area is 115 Å². The van der Waals surface area contributed by atoms with Crippen LogP contribution in [0.25, 0.3) is 0 Å². The second-order valence-electron chi connectivity index (χ2n) is 6.52. The van der Waals surface area contributed by atoms with Crippen LogP contribution >= 0.6 is 0 Å². The Balaban J connectivity index is 2.04. The first-order chi connectivity index (χ1) is 9.00. The van der Waals surface area contributed by atoms with Gasteiger partial charge in [-0.2, -0.15) is 0 Å². The number of hydrogen-bond acceptors (Lipinski definition) is 4. The first-order valence-electron chi connectivity index (χ1n) is 7.31. The maximum atomic E-state index is 9.51. The van der Waals surface area contributed by atoms with Crippen molar-refractivity contribution in [3.8, 4) is 0 Å². The van der Waals surface area contributed by atoms with E-state index < -0.39 is 0 Å². The zero-order chi connectivity index (χ0) is 13.9. The SMILES string of the molecule is CC(C)(C)c1cnc(CN2CCCCCC2CO)o1. The van der Waals surface area contributed by atoms with Gasteiger partial charge in [0.15, 0.2) is 0 Å². The Morgan fingerprint density at radius 1 is 1.37 bits per heavy atom. The molecule has 4 heteroatoms. The molecule has 0 amide bonds. The number of aliphatic hydroxyl groups excluding tert-OH is 1. The monoisotopic (exact) mass is 266 g/mol. The van der Waals surface area contributed by atoms with Crippen molar-refractivity contribution in [2.75, 3.05) is 13.2 Å². The van der Waals surface area contributed by atoms with Crippen LogP contribution in [0.2, 0.25) is 0 Å². The van der Waals surface area contributed by atoms with Crippen molar-refractivity contribution in [3.05, 3.63) is 17.8 Å². The summed E-state index contributed by atoms with van der Waals surface area (Å²) in [4.78, 5) is 6.70. The fourth-order valence-corrected chi connectivity index (χ4v) is 2.56. The van der Waals surface area contributed by atoms with E-state index in [-0.39, 0.29) is 18.1 Å². The lowest BCUT2D eigenvalue weighted by molar-refractivity contribution is 0.109. The summed E-state index contributed by atoms with van der Waals surface area (Å²) in [5.74, 6) is 1.70. The van der Waals surface area contributed by atoms with Crippen molar-refractivity contribution in [2.45, 2.75) is 64.5 Å². The summed E-state index contributed by atoms with van der Waals surface area (Å²) < 4.78 is 5.85. The van der Waals surface area contributed by atoms with Gasteiger partial charge in [-0.15, -0.1) is 0 Å². The smallest absolute Gasteiger partial charge is 0.208 e. The van der Waals surface area contributed by atoms with Crippen molar-refractivity contribution in [1.29, 1.82) is 0 Å². The molecule has 0 aliphatic carbocycles. The lowest BCUT2D eigenvalue weighted by Crippen LogP contribution is -2.37. The van der Waals surface area contributed by atoms with Gasteiger partial charge in [-0.25, -0.2) is 4.98 Å². The van der Waals surface area contributed by atoms with Gasteiger partial charge in [0.2, 0.25) is 5.89 Å². The molecule has 0 radical (unpaired) electrons. The molecular formula is C15H26N2O2. The number of hydrogen-bond donors (Lipinski definition) is 1. The van der Waals surface area contributed by atoms with E-state index in [0.29, 0.717) is 6.54 Å². The van der Waals surface area contributed by atoms with Gasteiger partial charge in [-0.1, -0.05) is 33.6 Å². The van der Waals surface area contributed by atoms with E-state index in [1.807, 2.05) is 6.20 Å². The van der Waals surface area contributed by atoms with E-state index in [1.165, 1.54) is 19.3 Å². The quantitative estimate of drug-likeness (QED) is 0.914. The molecule has 1 N–H and O–H groups in total. The van der Waals surface area contributed by atoms with E-state index in [2.05, 4.69) is 30.7 Å². The molecule has 1 atom stereocenters. The van der Waals surface area contributed by atoms with Crippen LogP contribution in [0, 0.1) is 0 Å². The highest BCUT2D eigenvalue weighted by molar-refractivity contribution is 5.06. The van der Waals surface area contributed by atoms with Crippen LogP contribution in [0.15, 0.2) is 10.6 Å². The standard InChI is InChI=1S/C15H26N2O2/c1-15(2,3)13-9-16-14(19-13)10-17-8-6-4-5-7-12(17)11-18/h9,12,18H,4-8,10-11H2,1-3H3. The molecule has 4 nitrogen and oxygen atoms in total. The normalized spacial score (nSPS) is 22.4. The second kappa shape index (κ2) is 6.06. The van der Waals surface area contributed by atoms with Gasteiger partial charge in [0.1, 0.15) is 5.76 Å². The summed E-state index contributed by atoms with van der Waals surface area (Å²) >= 11 is 0. The molecule has 0 saturated carbocycles. The number of aliphatic hydroxyl groups is 1. The van der Waals surface area contributed by atoms with Crippen molar-refractivity contribution in [2.24, 2.45) is 0 Å². The minimum absolute atomic E-state index is 0.000414. The predicted molar refractivity (Wildman–Crippen MR) is 75.0 cm³/mol. The van der Waals surface area contributed by atoms with E-state index in [9.17, 15) is 5.11 Å².